The molecule has 23 heavy (non-hydrogen) atoms. The number of nitrogens with one attached hydrogen (secondary N) is 1. The van der Waals surface area contributed by atoms with Crippen molar-refractivity contribution >= 4 is 28.7 Å². The number of unbranched alkanes of at least 4 members (excludes halogenated alkanes) is 1. The lowest BCUT2D eigenvalue weighted by atomic mass is 10.1. The van der Waals surface area contributed by atoms with Crippen LogP contribution in [0.2, 0.25) is 5.28 Å². The standard InChI is InChI=1S/C14H20ClN5O3/c1-3-4-7-19-11-10(17-13(15)18-11)12(22)20(14(19)23)8(2)5-6-9(16)21/h8H,3-7H2,1-2H3,(H2,16,21)(H,17,18). The van der Waals surface area contributed by atoms with E-state index in [0.717, 1.165) is 17.4 Å². The summed E-state index contributed by atoms with van der Waals surface area (Å²) in [5, 5.41) is 0.0595. The van der Waals surface area contributed by atoms with Crippen LogP contribution in [-0.4, -0.2) is 25.0 Å². The summed E-state index contributed by atoms with van der Waals surface area (Å²) in [6.07, 6.45) is 2.07. The molecule has 2 aromatic heterocycles. The number of halogens is 1. The Bertz CT molecular complexity index is 835. The molecule has 0 aliphatic heterocycles. The number of aromatic nitrogens is 4. The molecule has 0 spiro atoms. The molecule has 0 saturated heterocycles. The molecule has 9 heteroatoms. The average Bonchev–Trinajstić information content (AvgIpc) is 2.87. The predicted octanol–water partition coefficient (Wildman–Crippen LogP) is 1.17. The Morgan fingerprint density at radius 2 is 2.13 bits per heavy atom. The van der Waals surface area contributed by atoms with Crippen molar-refractivity contribution in [3.8, 4) is 0 Å². The fourth-order valence-electron chi connectivity index (χ4n) is 2.49. The van der Waals surface area contributed by atoms with E-state index in [1.807, 2.05) is 6.92 Å². The summed E-state index contributed by atoms with van der Waals surface area (Å²) in [5.41, 5.74) is 4.65. The van der Waals surface area contributed by atoms with E-state index < -0.39 is 23.2 Å². The van der Waals surface area contributed by atoms with Gasteiger partial charge in [-0.15, -0.1) is 0 Å². The Morgan fingerprint density at radius 1 is 1.43 bits per heavy atom. The van der Waals surface area contributed by atoms with Gasteiger partial charge in [0.1, 0.15) is 0 Å². The maximum atomic E-state index is 12.7. The van der Waals surface area contributed by atoms with Crippen LogP contribution < -0.4 is 17.0 Å². The second-order valence-electron chi connectivity index (χ2n) is 5.54. The highest BCUT2D eigenvalue weighted by Gasteiger charge is 2.20. The van der Waals surface area contributed by atoms with Gasteiger partial charge in [0, 0.05) is 19.0 Å². The highest BCUT2D eigenvalue weighted by molar-refractivity contribution is 6.28. The summed E-state index contributed by atoms with van der Waals surface area (Å²) in [6.45, 7) is 4.15. The summed E-state index contributed by atoms with van der Waals surface area (Å²) in [6, 6.07) is -0.457. The van der Waals surface area contributed by atoms with Gasteiger partial charge in [0.05, 0.1) is 0 Å². The Labute approximate surface area is 137 Å². The molecule has 3 N–H and O–H groups in total. The van der Waals surface area contributed by atoms with Crippen molar-refractivity contribution < 1.29 is 4.79 Å². The molecule has 0 radical (unpaired) electrons. The molecule has 126 valence electrons. The summed E-state index contributed by atoms with van der Waals surface area (Å²) < 4.78 is 2.58. The van der Waals surface area contributed by atoms with Gasteiger partial charge in [-0.2, -0.15) is 4.98 Å². The molecule has 0 aliphatic carbocycles. The number of carbonyl (C=O) groups excluding carboxylic acids is 1. The van der Waals surface area contributed by atoms with Crippen LogP contribution in [0.3, 0.4) is 0 Å². The lowest BCUT2D eigenvalue weighted by molar-refractivity contribution is -0.118. The third-order valence-corrected chi connectivity index (χ3v) is 3.94. The number of amides is 1. The maximum absolute atomic E-state index is 12.7. The topological polar surface area (TPSA) is 116 Å². The van der Waals surface area contributed by atoms with Crippen LogP contribution in [-0.2, 0) is 11.3 Å². The number of nitrogens with two attached hydrogens (primary N) is 1. The number of primary amides is 1. The molecule has 0 bridgehead atoms. The van der Waals surface area contributed by atoms with Gasteiger partial charge < -0.3 is 10.7 Å². The zero-order chi connectivity index (χ0) is 17.1. The molecule has 2 heterocycles. The van der Waals surface area contributed by atoms with Gasteiger partial charge in [-0.25, -0.2) is 4.79 Å². The number of fused-ring (bicyclic) bond motifs is 1. The van der Waals surface area contributed by atoms with Gasteiger partial charge in [-0.3, -0.25) is 18.7 Å². The highest BCUT2D eigenvalue weighted by Crippen LogP contribution is 2.13. The van der Waals surface area contributed by atoms with Gasteiger partial charge in [-0.05, 0) is 31.4 Å². The highest BCUT2D eigenvalue weighted by atomic mass is 35.5. The minimum atomic E-state index is -0.492. The number of nitrogens with zero attached hydrogens (tertiary/aromatic N) is 3. The molecule has 0 fully saturated rings. The first-order valence-corrected chi connectivity index (χ1v) is 7.93. The van der Waals surface area contributed by atoms with Gasteiger partial charge in [0.2, 0.25) is 11.2 Å². The molecule has 0 aromatic carbocycles. The number of imidazole rings is 1. The van der Waals surface area contributed by atoms with E-state index in [-0.39, 0.29) is 22.9 Å². The van der Waals surface area contributed by atoms with Crippen LogP contribution in [0.1, 0.15) is 45.6 Å². The van der Waals surface area contributed by atoms with Crippen LogP contribution in [0.4, 0.5) is 0 Å². The number of hydrogen-bond donors (Lipinski definition) is 2. The summed E-state index contributed by atoms with van der Waals surface area (Å²) in [5.74, 6) is -0.470. The van der Waals surface area contributed by atoms with E-state index >= 15 is 0 Å². The molecule has 2 rings (SSSR count). The second-order valence-corrected chi connectivity index (χ2v) is 5.90. The monoisotopic (exact) mass is 341 g/mol. The average molecular weight is 342 g/mol. The molecule has 1 amide bonds. The van der Waals surface area contributed by atoms with Gasteiger partial charge in [0.15, 0.2) is 11.2 Å². The molecule has 8 nitrogen and oxygen atoms in total. The Balaban J connectivity index is 2.62. The summed E-state index contributed by atoms with van der Waals surface area (Å²) >= 11 is 5.86. The first-order chi connectivity index (χ1) is 10.9. The first kappa shape index (κ1) is 17.3. The molecule has 1 unspecified atom stereocenters. The molecule has 1 atom stereocenters. The minimum absolute atomic E-state index is 0.0595. The first-order valence-electron chi connectivity index (χ1n) is 7.55. The van der Waals surface area contributed by atoms with Gasteiger partial charge >= 0.3 is 5.69 Å². The quantitative estimate of drug-likeness (QED) is 0.735. The van der Waals surface area contributed by atoms with Crippen molar-refractivity contribution in [2.45, 2.75) is 52.1 Å². The largest absolute Gasteiger partial charge is 0.370 e. The minimum Gasteiger partial charge on any atom is -0.370 e. The van der Waals surface area contributed by atoms with Gasteiger partial charge in [-0.1, -0.05) is 13.3 Å². The lowest BCUT2D eigenvalue weighted by Gasteiger charge is -2.16. The maximum Gasteiger partial charge on any atom is 0.332 e. The Hall–Kier alpha value is -2.09. The van der Waals surface area contributed by atoms with Crippen LogP contribution in [0, 0.1) is 0 Å². The zero-order valence-electron chi connectivity index (χ0n) is 13.1. The smallest absolute Gasteiger partial charge is 0.332 e. The number of hydrogen-bond acceptors (Lipinski definition) is 4. The summed E-state index contributed by atoms with van der Waals surface area (Å²) in [4.78, 5) is 43.0. The van der Waals surface area contributed by atoms with Crippen molar-refractivity contribution in [1.29, 1.82) is 0 Å². The molecule has 0 saturated carbocycles. The number of rotatable bonds is 7. The normalized spacial score (nSPS) is 12.7. The molecule has 2 aromatic rings. The lowest BCUT2D eigenvalue weighted by Crippen LogP contribution is -2.42. The predicted molar refractivity (Wildman–Crippen MR) is 87.7 cm³/mol. The van der Waals surface area contributed by atoms with Crippen LogP contribution in [0.5, 0.6) is 0 Å². The summed E-state index contributed by atoms with van der Waals surface area (Å²) in [7, 11) is 0. The van der Waals surface area contributed by atoms with Crippen molar-refractivity contribution in [2.75, 3.05) is 0 Å². The molecule has 0 aliphatic rings. The number of aryl methyl sites for hydroxylation is 1. The molecular formula is C14H20ClN5O3. The third kappa shape index (κ3) is 3.47. The van der Waals surface area contributed by atoms with Crippen LogP contribution >= 0.6 is 11.6 Å². The number of carbonyl (C=O) groups is 1. The van der Waals surface area contributed by atoms with E-state index in [1.165, 1.54) is 4.57 Å². The van der Waals surface area contributed by atoms with E-state index in [2.05, 4.69) is 9.97 Å². The Kier molecular flexibility index (Phi) is 5.25. The fraction of sp³-hybridized carbons (Fsp3) is 0.571. The van der Waals surface area contributed by atoms with Crippen molar-refractivity contribution in [3.05, 3.63) is 26.1 Å². The van der Waals surface area contributed by atoms with E-state index in [1.54, 1.807) is 6.92 Å². The van der Waals surface area contributed by atoms with Crippen molar-refractivity contribution in [2.24, 2.45) is 5.73 Å². The Morgan fingerprint density at radius 3 is 2.74 bits per heavy atom. The van der Waals surface area contributed by atoms with Gasteiger partial charge in [0.25, 0.3) is 5.56 Å². The number of H-pyrrole nitrogens is 1. The number of aromatic amines is 1. The fourth-order valence-corrected chi connectivity index (χ4v) is 2.67. The zero-order valence-corrected chi connectivity index (χ0v) is 13.9. The molecular weight excluding hydrogens is 322 g/mol. The second kappa shape index (κ2) is 6.99. The van der Waals surface area contributed by atoms with Crippen molar-refractivity contribution in [3.63, 3.8) is 0 Å². The SMILES string of the molecule is CCCCn1c(=O)n(C(C)CCC(N)=O)c(=O)c2[nH]c(Cl)nc21. The third-order valence-electron chi connectivity index (χ3n) is 3.77. The van der Waals surface area contributed by atoms with E-state index in [9.17, 15) is 14.4 Å². The van der Waals surface area contributed by atoms with E-state index in [4.69, 9.17) is 17.3 Å². The van der Waals surface area contributed by atoms with Crippen LogP contribution in [0.15, 0.2) is 9.59 Å². The van der Waals surface area contributed by atoms with Crippen molar-refractivity contribution in [1.82, 2.24) is 19.1 Å². The van der Waals surface area contributed by atoms with Crippen LogP contribution in [0.25, 0.3) is 11.2 Å². The van der Waals surface area contributed by atoms with E-state index in [0.29, 0.717) is 13.0 Å².